The van der Waals surface area contributed by atoms with Crippen LogP contribution in [0.5, 0.6) is 5.75 Å². The van der Waals surface area contributed by atoms with Gasteiger partial charge < -0.3 is 30.1 Å². The molecule has 1 saturated heterocycles. The van der Waals surface area contributed by atoms with Crippen LogP contribution >= 0.6 is 0 Å². The molecule has 9 heteroatoms. The van der Waals surface area contributed by atoms with Crippen molar-refractivity contribution >= 4 is 34.9 Å². The number of nitrogens with one attached hydrogen (secondary N) is 2. The molecule has 0 aromatic heterocycles. The quantitative estimate of drug-likeness (QED) is 0.383. The number of amides is 4. The lowest BCUT2D eigenvalue weighted by molar-refractivity contribution is 0.0773. The third-order valence-corrected chi connectivity index (χ3v) is 7.28. The highest BCUT2D eigenvalue weighted by Gasteiger charge is 2.25. The molecule has 41 heavy (non-hydrogen) atoms. The lowest BCUT2D eigenvalue weighted by Crippen LogP contribution is -2.38. The highest BCUT2D eigenvalue weighted by molar-refractivity contribution is 6.06. The number of hydrogen-bond acceptors (Lipinski definition) is 5. The molecule has 0 unspecified atom stereocenters. The van der Waals surface area contributed by atoms with E-state index in [4.69, 9.17) is 4.74 Å². The molecule has 2 N–H and O–H groups in total. The van der Waals surface area contributed by atoms with Crippen molar-refractivity contribution in [1.82, 2.24) is 9.80 Å². The smallest absolute Gasteiger partial charge is 0.321 e. The summed E-state index contributed by atoms with van der Waals surface area (Å²) in [4.78, 5) is 45.3. The van der Waals surface area contributed by atoms with Gasteiger partial charge in [-0.2, -0.15) is 0 Å². The topological polar surface area (TPSA) is 94.2 Å². The van der Waals surface area contributed by atoms with Crippen molar-refractivity contribution in [1.29, 1.82) is 0 Å². The largest absolute Gasteiger partial charge is 0.497 e. The van der Waals surface area contributed by atoms with Crippen LogP contribution in [0.15, 0.2) is 66.7 Å². The predicted molar refractivity (Wildman–Crippen MR) is 163 cm³/mol. The Morgan fingerprint density at radius 2 is 1.59 bits per heavy atom. The summed E-state index contributed by atoms with van der Waals surface area (Å²) in [6, 6.07) is 19.9. The van der Waals surface area contributed by atoms with Crippen LogP contribution in [0.25, 0.3) is 0 Å². The van der Waals surface area contributed by atoms with Crippen LogP contribution < -0.4 is 20.3 Å². The Balaban J connectivity index is 1.53. The predicted octanol–water partition coefficient (Wildman–Crippen LogP) is 5.48. The number of aryl methyl sites for hydroxylation is 1. The summed E-state index contributed by atoms with van der Waals surface area (Å²) >= 11 is 0. The number of nitrogens with zero attached hydrogens (tertiary/aromatic N) is 3. The zero-order chi connectivity index (χ0) is 29.4. The van der Waals surface area contributed by atoms with Gasteiger partial charge in [-0.05, 0) is 87.4 Å². The molecule has 1 heterocycles. The molecule has 3 aromatic carbocycles. The van der Waals surface area contributed by atoms with Crippen molar-refractivity contribution < 1.29 is 19.1 Å². The van der Waals surface area contributed by atoms with E-state index >= 15 is 0 Å². The van der Waals surface area contributed by atoms with Gasteiger partial charge in [-0.25, -0.2) is 4.79 Å². The summed E-state index contributed by atoms with van der Waals surface area (Å²) in [5.74, 6) is 0.303. The minimum absolute atomic E-state index is 0.0937. The number of methoxy groups -OCH3 is 1. The maximum Gasteiger partial charge on any atom is 0.321 e. The molecule has 0 spiro atoms. The lowest BCUT2D eigenvalue weighted by atomic mass is 10.1. The Morgan fingerprint density at radius 1 is 0.854 bits per heavy atom. The van der Waals surface area contributed by atoms with Crippen molar-refractivity contribution in [3.05, 3.63) is 83.4 Å². The lowest BCUT2D eigenvalue weighted by Gasteiger charge is -2.28. The average Bonchev–Trinajstić information content (AvgIpc) is 3.24. The van der Waals surface area contributed by atoms with Crippen LogP contribution in [0.3, 0.4) is 0 Å². The molecule has 3 aromatic rings. The van der Waals surface area contributed by atoms with Crippen molar-refractivity contribution in [3.63, 3.8) is 0 Å². The highest BCUT2D eigenvalue weighted by Crippen LogP contribution is 2.28. The maximum atomic E-state index is 13.6. The third kappa shape index (κ3) is 7.36. The second-order valence-electron chi connectivity index (χ2n) is 10.0. The monoisotopic (exact) mass is 557 g/mol. The Labute approximate surface area is 242 Å². The fourth-order valence-corrected chi connectivity index (χ4v) is 4.97. The third-order valence-electron chi connectivity index (χ3n) is 7.28. The van der Waals surface area contributed by atoms with Gasteiger partial charge in [0.1, 0.15) is 5.75 Å². The van der Waals surface area contributed by atoms with Crippen molar-refractivity contribution in [3.8, 4) is 5.75 Å². The normalized spacial score (nSPS) is 13.3. The number of urea groups is 1. The zero-order valence-corrected chi connectivity index (χ0v) is 24.3. The highest BCUT2D eigenvalue weighted by atomic mass is 16.5. The number of carbonyl (C=O) groups excluding carboxylic acids is 3. The molecule has 216 valence electrons. The molecule has 1 fully saturated rings. The van der Waals surface area contributed by atoms with Gasteiger partial charge in [-0.3, -0.25) is 9.59 Å². The first-order valence-corrected chi connectivity index (χ1v) is 14.1. The van der Waals surface area contributed by atoms with Gasteiger partial charge in [0, 0.05) is 61.9 Å². The molecule has 0 radical (unpaired) electrons. The van der Waals surface area contributed by atoms with Crippen molar-refractivity contribution in [2.75, 3.05) is 61.9 Å². The SMILES string of the molecule is CCN(CC)C(=O)c1cc(NC(=O)c2ccc(OC)cc2)ccc1N1CCCN(C(=O)Nc2cccc(C)c2)CC1. The molecule has 1 aliphatic heterocycles. The van der Waals surface area contributed by atoms with Crippen LogP contribution in [-0.4, -0.2) is 74.0 Å². The number of hydrogen-bond donors (Lipinski definition) is 2. The van der Waals surface area contributed by atoms with Crippen LogP contribution in [0.1, 0.15) is 46.5 Å². The van der Waals surface area contributed by atoms with Gasteiger partial charge in [0.2, 0.25) is 0 Å². The fraction of sp³-hybridized carbons (Fsp3) is 0.344. The van der Waals surface area contributed by atoms with E-state index in [1.54, 1.807) is 42.3 Å². The summed E-state index contributed by atoms with van der Waals surface area (Å²) in [7, 11) is 1.58. The van der Waals surface area contributed by atoms with Crippen LogP contribution in [0.2, 0.25) is 0 Å². The Bertz CT molecular complexity index is 1370. The van der Waals surface area contributed by atoms with Crippen LogP contribution in [0, 0.1) is 6.92 Å². The minimum atomic E-state index is -0.272. The van der Waals surface area contributed by atoms with E-state index in [0.717, 1.165) is 23.4 Å². The van der Waals surface area contributed by atoms with Gasteiger partial charge in [-0.15, -0.1) is 0 Å². The zero-order valence-electron chi connectivity index (χ0n) is 24.3. The first-order chi connectivity index (χ1) is 19.8. The van der Waals surface area contributed by atoms with Gasteiger partial charge in [-0.1, -0.05) is 12.1 Å². The fourth-order valence-electron chi connectivity index (χ4n) is 4.97. The molecule has 4 amide bonds. The second kappa shape index (κ2) is 13.7. The molecule has 0 atom stereocenters. The molecular weight excluding hydrogens is 518 g/mol. The number of ether oxygens (including phenoxy) is 1. The van der Waals surface area contributed by atoms with Crippen LogP contribution in [-0.2, 0) is 0 Å². The Hall–Kier alpha value is -4.53. The van der Waals surface area contributed by atoms with E-state index in [0.29, 0.717) is 61.8 Å². The maximum absolute atomic E-state index is 13.6. The van der Waals surface area contributed by atoms with Crippen molar-refractivity contribution in [2.24, 2.45) is 0 Å². The van der Waals surface area contributed by atoms with E-state index in [2.05, 4.69) is 15.5 Å². The molecule has 0 bridgehead atoms. The summed E-state index contributed by atoms with van der Waals surface area (Å²) in [5.41, 5.74) is 4.21. The number of anilines is 3. The molecule has 0 aliphatic carbocycles. The van der Waals surface area contributed by atoms with E-state index in [-0.39, 0.29) is 17.8 Å². The molecule has 9 nitrogen and oxygen atoms in total. The first kappa shape index (κ1) is 29.5. The first-order valence-electron chi connectivity index (χ1n) is 14.1. The van der Waals surface area contributed by atoms with Crippen LogP contribution in [0.4, 0.5) is 21.9 Å². The van der Waals surface area contributed by atoms with Gasteiger partial charge in [0.25, 0.3) is 11.8 Å². The van der Waals surface area contributed by atoms with E-state index in [1.165, 1.54) is 0 Å². The summed E-state index contributed by atoms with van der Waals surface area (Å²) in [6.45, 7) is 9.46. The molecule has 4 rings (SSSR count). The van der Waals surface area contributed by atoms with Gasteiger partial charge >= 0.3 is 6.03 Å². The standard InChI is InChI=1S/C32H39N5O4/c1-5-35(6-2)31(39)28-22-26(33-30(38)24-11-14-27(41-4)15-12-24)13-16-29(28)36-17-8-18-37(20-19-36)32(40)34-25-10-7-9-23(3)21-25/h7,9-16,21-22H,5-6,8,17-20H2,1-4H3,(H,33,38)(H,34,40). The van der Waals surface area contributed by atoms with E-state index < -0.39 is 0 Å². The summed E-state index contributed by atoms with van der Waals surface area (Å²) < 4.78 is 5.18. The number of benzene rings is 3. The van der Waals surface area contributed by atoms with E-state index in [1.807, 2.05) is 62.1 Å². The van der Waals surface area contributed by atoms with Gasteiger partial charge in [0.15, 0.2) is 0 Å². The Morgan fingerprint density at radius 3 is 2.27 bits per heavy atom. The Kier molecular flexibility index (Phi) is 9.84. The average molecular weight is 558 g/mol. The minimum Gasteiger partial charge on any atom is -0.497 e. The van der Waals surface area contributed by atoms with E-state index in [9.17, 15) is 14.4 Å². The van der Waals surface area contributed by atoms with Crippen molar-refractivity contribution in [2.45, 2.75) is 27.2 Å². The molecule has 0 saturated carbocycles. The summed E-state index contributed by atoms with van der Waals surface area (Å²) in [5, 5.41) is 5.93. The summed E-state index contributed by atoms with van der Waals surface area (Å²) in [6.07, 6.45) is 0.760. The second-order valence-corrected chi connectivity index (χ2v) is 10.0. The molecular formula is C32H39N5O4. The van der Waals surface area contributed by atoms with Gasteiger partial charge in [0.05, 0.1) is 12.7 Å². The number of carbonyl (C=O) groups is 3. The molecule has 1 aliphatic rings. The number of rotatable bonds is 8.